The molecule has 0 aliphatic carbocycles. The summed E-state index contributed by atoms with van der Waals surface area (Å²) >= 11 is 5.80. The summed E-state index contributed by atoms with van der Waals surface area (Å²) in [6.45, 7) is 4.47. The zero-order valence-corrected chi connectivity index (χ0v) is 14.6. The van der Waals surface area contributed by atoms with Crippen LogP contribution in [-0.4, -0.2) is 25.7 Å². The van der Waals surface area contributed by atoms with E-state index in [1.54, 1.807) is 6.92 Å². The predicted octanol–water partition coefficient (Wildman–Crippen LogP) is 4.55. The lowest BCUT2D eigenvalue weighted by atomic mass is 10.1. The van der Waals surface area contributed by atoms with Gasteiger partial charge in [-0.15, -0.1) is 0 Å². The van der Waals surface area contributed by atoms with Gasteiger partial charge in [-0.25, -0.2) is 0 Å². The Labute approximate surface area is 143 Å². The van der Waals surface area contributed by atoms with Crippen molar-refractivity contribution in [1.29, 1.82) is 0 Å². The Balaban J connectivity index is 0.000000241. The van der Waals surface area contributed by atoms with Gasteiger partial charge in [0.2, 0.25) is 5.91 Å². The summed E-state index contributed by atoms with van der Waals surface area (Å²) in [6.07, 6.45) is 0.633. The van der Waals surface area contributed by atoms with Gasteiger partial charge in [0.05, 0.1) is 0 Å². The Morgan fingerprint density at radius 2 is 1.65 bits per heavy atom. The zero-order valence-electron chi connectivity index (χ0n) is 13.9. The molecule has 4 heteroatoms. The van der Waals surface area contributed by atoms with Crippen LogP contribution in [0.2, 0.25) is 5.02 Å². The van der Waals surface area contributed by atoms with E-state index in [1.165, 1.54) is 18.2 Å². The lowest BCUT2D eigenvalue weighted by Gasteiger charge is -2.08. The molecule has 0 bridgehead atoms. The van der Waals surface area contributed by atoms with Crippen LogP contribution >= 0.6 is 11.6 Å². The van der Waals surface area contributed by atoms with Crippen LogP contribution in [0.15, 0.2) is 54.6 Å². The average molecular weight is 334 g/mol. The predicted molar refractivity (Wildman–Crippen MR) is 96.7 cm³/mol. The first kappa shape index (κ1) is 19.2. The lowest BCUT2D eigenvalue weighted by Crippen LogP contribution is -2.34. The molecule has 0 heterocycles. The highest BCUT2D eigenvalue weighted by Crippen LogP contribution is 2.20. The molecule has 2 aromatic carbocycles. The number of nitrogens with one attached hydrogen (secondary N) is 1. The minimum atomic E-state index is -0.327. The molecule has 0 spiro atoms. The highest BCUT2D eigenvalue weighted by atomic mass is 35.5. The molecule has 0 saturated heterocycles. The number of hydrogen-bond acceptors (Lipinski definition) is 2. The Morgan fingerprint density at radius 3 is 2.17 bits per heavy atom. The first-order chi connectivity index (χ1) is 11.1. The third-order valence-corrected chi connectivity index (χ3v) is 3.48. The van der Waals surface area contributed by atoms with Gasteiger partial charge in [0.15, 0.2) is 0 Å². The smallest absolute Gasteiger partial charge is 0.248 e. The number of ether oxygens (including phenoxy) is 1. The maximum absolute atomic E-state index is 10.9. The third-order valence-electron chi connectivity index (χ3n) is 3.22. The minimum absolute atomic E-state index is 0.0376. The SMILES string of the molecule is CCCNC(=O)C(C)OC.Clc1ccc(-c2ccccc2)cc1. The van der Waals surface area contributed by atoms with Gasteiger partial charge in [-0.1, -0.05) is 61.0 Å². The fraction of sp³-hybridized carbons (Fsp3) is 0.316. The highest BCUT2D eigenvalue weighted by molar-refractivity contribution is 6.30. The molecule has 124 valence electrons. The van der Waals surface area contributed by atoms with Crippen molar-refractivity contribution in [3.05, 3.63) is 59.6 Å². The number of hydrogen-bond donors (Lipinski definition) is 1. The van der Waals surface area contributed by atoms with Gasteiger partial charge in [-0.3, -0.25) is 4.79 Å². The first-order valence-corrected chi connectivity index (χ1v) is 8.07. The van der Waals surface area contributed by atoms with E-state index in [1.807, 2.05) is 49.4 Å². The van der Waals surface area contributed by atoms with Gasteiger partial charge in [0, 0.05) is 18.7 Å². The largest absolute Gasteiger partial charge is 0.372 e. The van der Waals surface area contributed by atoms with Crippen LogP contribution in [0.4, 0.5) is 0 Å². The topological polar surface area (TPSA) is 38.3 Å². The van der Waals surface area contributed by atoms with Crippen molar-refractivity contribution >= 4 is 17.5 Å². The summed E-state index contributed by atoms with van der Waals surface area (Å²) in [5.74, 6) is -0.0376. The molecule has 0 radical (unpaired) electrons. The van der Waals surface area contributed by atoms with Crippen LogP contribution in [0.1, 0.15) is 20.3 Å². The summed E-state index contributed by atoms with van der Waals surface area (Å²) in [5, 5.41) is 3.50. The van der Waals surface area contributed by atoms with Crippen molar-refractivity contribution in [2.75, 3.05) is 13.7 Å². The van der Waals surface area contributed by atoms with E-state index in [0.29, 0.717) is 0 Å². The molecule has 1 amide bonds. The van der Waals surface area contributed by atoms with E-state index in [9.17, 15) is 4.79 Å². The molecule has 0 saturated carbocycles. The number of halogens is 1. The molecule has 2 rings (SSSR count). The van der Waals surface area contributed by atoms with Crippen molar-refractivity contribution in [2.24, 2.45) is 0 Å². The molecule has 1 N–H and O–H groups in total. The van der Waals surface area contributed by atoms with Crippen LogP contribution < -0.4 is 5.32 Å². The van der Waals surface area contributed by atoms with Crippen LogP contribution in [-0.2, 0) is 9.53 Å². The summed E-state index contributed by atoms with van der Waals surface area (Å²) < 4.78 is 4.80. The van der Waals surface area contributed by atoms with Gasteiger partial charge in [0.1, 0.15) is 6.10 Å². The molecule has 0 aliphatic heterocycles. The van der Waals surface area contributed by atoms with Crippen molar-refractivity contribution in [2.45, 2.75) is 26.4 Å². The third kappa shape index (κ3) is 7.31. The Kier molecular flexibility index (Phi) is 9.03. The van der Waals surface area contributed by atoms with E-state index < -0.39 is 0 Å². The molecule has 1 unspecified atom stereocenters. The van der Waals surface area contributed by atoms with Crippen molar-refractivity contribution in [3.63, 3.8) is 0 Å². The lowest BCUT2D eigenvalue weighted by molar-refractivity contribution is -0.130. The van der Waals surface area contributed by atoms with Gasteiger partial charge >= 0.3 is 0 Å². The average Bonchev–Trinajstić information content (AvgIpc) is 2.61. The van der Waals surface area contributed by atoms with Gasteiger partial charge in [0.25, 0.3) is 0 Å². The molecule has 3 nitrogen and oxygen atoms in total. The summed E-state index contributed by atoms with van der Waals surface area (Å²) in [7, 11) is 1.52. The van der Waals surface area contributed by atoms with Crippen LogP contribution in [0.3, 0.4) is 0 Å². The Hall–Kier alpha value is -1.84. The summed E-state index contributed by atoms with van der Waals surface area (Å²) in [5.41, 5.74) is 2.42. The number of carbonyl (C=O) groups excluding carboxylic acids is 1. The Morgan fingerprint density at radius 1 is 1.09 bits per heavy atom. The zero-order chi connectivity index (χ0) is 17.1. The number of benzene rings is 2. The molecule has 0 aromatic heterocycles. The summed E-state index contributed by atoms with van der Waals surface area (Å²) in [4.78, 5) is 10.9. The summed E-state index contributed by atoms with van der Waals surface area (Å²) in [6, 6.07) is 18.1. The van der Waals surface area contributed by atoms with Crippen molar-refractivity contribution in [3.8, 4) is 11.1 Å². The maximum atomic E-state index is 10.9. The van der Waals surface area contributed by atoms with E-state index in [-0.39, 0.29) is 12.0 Å². The van der Waals surface area contributed by atoms with Crippen LogP contribution in [0.25, 0.3) is 11.1 Å². The molecule has 0 fully saturated rings. The number of rotatable bonds is 5. The molecule has 2 aromatic rings. The second-order valence-corrected chi connectivity index (χ2v) is 5.48. The molecule has 1 atom stereocenters. The quantitative estimate of drug-likeness (QED) is 0.871. The van der Waals surface area contributed by atoms with E-state index in [0.717, 1.165) is 18.0 Å². The second kappa shape index (κ2) is 10.8. The Bertz CT molecular complexity index is 570. The maximum Gasteiger partial charge on any atom is 0.248 e. The van der Waals surface area contributed by atoms with Crippen molar-refractivity contribution < 1.29 is 9.53 Å². The highest BCUT2D eigenvalue weighted by Gasteiger charge is 2.08. The number of methoxy groups -OCH3 is 1. The fourth-order valence-electron chi connectivity index (χ4n) is 1.77. The monoisotopic (exact) mass is 333 g/mol. The number of carbonyl (C=O) groups is 1. The van der Waals surface area contributed by atoms with Gasteiger partial charge in [-0.2, -0.15) is 0 Å². The number of amides is 1. The normalized spacial score (nSPS) is 11.1. The standard InChI is InChI=1S/C12H9Cl.C7H15NO2/c13-12-8-6-11(7-9-12)10-4-2-1-3-5-10;1-4-5-8-7(9)6(2)10-3/h1-9H;6H,4-5H2,1-3H3,(H,8,9). The second-order valence-electron chi connectivity index (χ2n) is 5.04. The molecule has 0 aliphatic rings. The van der Waals surface area contributed by atoms with Gasteiger partial charge in [-0.05, 0) is 36.6 Å². The van der Waals surface area contributed by atoms with Crippen LogP contribution in [0, 0.1) is 0 Å². The van der Waals surface area contributed by atoms with Crippen molar-refractivity contribution in [1.82, 2.24) is 5.32 Å². The molecular formula is C19H24ClNO2. The minimum Gasteiger partial charge on any atom is -0.372 e. The molecule has 23 heavy (non-hydrogen) atoms. The van der Waals surface area contributed by atoms with Gasteiger partial charge < -0.3 is 10.1 Å². The molecular weight excluding hydrogens is 310 g/mol. The van der Waals surface area contributed by atoms with E-state index >= 15 is 0 Å². The van der Waals surface area contributed by atoms with E-state index in [2.05, 4.69) is 17.4 Å². The fourth-order valence-corrected chi connectivity index (χ4v) is 1.90. The van der Waals surface area contributed by atoms with Crippen LogP contribution in [0.5, 0.6) is 0 Å². The first-order valence-electron chi connectivity index (χ1n) is 7.70. The van der Waals surface area contributed by atoms with E-state index in [4.69, 9.17) is 16.3 Å².